The second-order valence-corrected chi connectivity index (χ2v) is 9.69. The average Bonchev–Trinajstić information content (AvgIpc) is 3.42. The number of rotatable bonds is 10. The van der Waals surface area contributed by atoms with Crippen LogP contribution in [0.5, 0.6) is 5.75 Å². The number of nitrogens with one attached hydrogen (secondary N) is 2. The van der Waals surface area contributed by atoms with Gasteiger partial charge in [0.05, 0.1) is 13.3 Å². The lowest BCUT2D eigenvalue weighted by Gasteiger charge is -2.26. The largest absolute Gasteiger partial charge is 0.465 e. The molecule has 1 aromatic carbocycles. The number of carbonyl (C=O) groups is 1. The number of hydrogen-bond acceptors (Lipinski definition) is 11. The van der Waals surface area contributed by atoms with Crippen LogP contribution in [-0.2, 0) is 23.6 Å². The molecule has 1 aromatic heterocycles. The van der Waals surface area contributed by atoms with Gasteiger partial charge in [-0.2, -0.15) is 0 Å². The molecule has 2 aliphatic heterocycles. The fraction of sp³-hybridized carbons (Fsp3) is 0.381. The maximum atomic E-state index is 14.8. The Bertz CT molecular complexity index is 1140. The maximum absolute atomic E-state index is 14.8. The lowest BCUT2D eigenvalue weighted by Crippen LogP contribution is -2.38. The van der Waals surface area contributed by atoms with Crippen molar-refractivity contribution in [3.05, 3.63) is 48.6 Å². The molecule has 0 radical (unpaired) electrons. The Labute approximate surface area is 201 Å². The summed E-state index contributed by atoms with van der Waals surface area (Å²) >= 11 is 0. The summed E-state index contributed by atoms with van der Waals surface area (Å²) in [5, 5.41) is 5.66. The first-order valence-electron chi connectivity index (χ1n) is 10.8. The van der Waals surface area contributed by atoms with Crippen molar-refractivity contribution in [3.8, 4) is 5.75 Å². The molecule has 0 saturated carbocycles. The molecule has 2 aliphatic rings. The highest BCUT2D eigenvalue weighted by Crippen LogP contribution is 2.45. The van der Waals surface area contributed by atoms with E-state index in [0.29, 0.717) is 17.3 Å². The van der Waals surface area contributed by atoms with Gasteiger partial charge in [0.25, 0.3) is 0 Å². The van der Waals surface area contributed by atoms with Crippen molar-refractivity contribution in [3.63, 3.8) is 0 Å². The van der Waals surface area contributed by atoms with Crippen molar-refractivity contribution in [1.29, 1.82) is 0 Å². The van der Waals surface area contributed by atoms with E-state index >= 15 is 0 Å². The van der Waals surface area contributed by atoms with Crippen molar-refractivity contribution >= 4 is 30.8 Å². The number of para-hydroxylation sites is 1. The third-order valence-electron chi connectivity index (χ3n) is 5.07. The molecule has 0 amide bonds. The topological polar surface area (TPSA) is 150 Å². The van der Waals surface area contributed by atoms with Crippen LogP contribution in [0.2, 0.25) is 0 Å². The third-order valence-corrected chi connectivity index (χ3v) is 6.84. The van der Waals surface area contributed by atoms with Gasteiger partial charge in [0.15, 0.2) is 36.3 Å². The Morgan fingerprint density at radius 2 is 2.17 bits per heavy atom. The van der Waals surface area contributed by atoms with E-state index in [1.807, 2.05) is 0 Å². The van der Waals surface area contributed by atoms with E-state index in [2.05, 4.69) is 20.4 Å². The van der Waals surface area contributed by atoms with Crippen LogP contribution in [0.4, 0.5) is 21.7 Å². The zero-order chi connectivity index (χ0) is 25.0. The summed E-state index contributed by atoms with van der Waals surface area (Å²) in [6.07, 6.45) is -0.433. The number of nitrogen functional groups attached to an aromatic ring is 1. The highest BCUT2D eigenvalue weighted by atomic mass is 31.2. The number of nitrogens with two attached hydrogens (primary N) is 1. The lowest BCUT2D eigenvalue weighted by molar-refractivity contribution is -0.144. The quantitative estimate of drug-likeness (QED) is 0.320. The van der Waals surface area contributed by atoms with E-state index in [9.17, 15) is 13.8 Å². The number of halogens is 1. The molecule has 12 nitrogen and oxygen atoms in total. The minimum absolute atomic E-state index is 0.164. The van der Waals surface area contributed by atoms with Crippen molar-refractivity contribution in [2.24, 2.45) is 0 Å². The van der Waals surface area contributed by atoms with Crippen LogP contribution in [0.3, 0.4) is 0 Å². The molecule has 35 heavy (non-hydrogen) atoms. The fourth-order valence-corrected chi connectivity index (χ4v) is 5.17. The summed E-state index contributed by atoms with van der Waals surface area (Å²) < 4.78 is 50.3. The molecule has 3 heterocycles. The van der Waals surface area contributed by atoms with Crippen molar-refractivity contribution in [1.82, 2.24) is 15.1 Å². The van der Waals surface area contributed by atoms with Crippen molar-refractivity contribution < 1.29 is 32.5 Å². The standard InChI is InChI=1S/C21H26FN6O6P/c1-3-31-21(29)13(2)27-35(30,34-14-7-5-4-6-8-14)12-32-16-9-15(22)20(33-16)28-11-26-17-18(23)24-10-25-19(17)28/h4-10,13,16,20,26H,3,11-12H2,1-2H3,(H,27,30)(H2,23,24,25)/t13-,16-,20+,35-/m0/s1. The molecule has 188 valence electrons. The van der Waals surface area contributed by atoms with Gasteiger partial charge in [0, 0.05) is 6.08 Å². The van der Waals surface area contributed by atoms with E-state index in [-0.39, 0.29) is 19.1 Å². The molecular weight excluding hydrogens is 482 g/mol. The van der Waals surface area contributed by atoms with Crippen LogP contribution in [0.25, 0.3) is 0 Å². The smallest absolute Gasteiger partial charge is 0.342 e. The molecular formula is C21H26FN6O6P. The molecule has 0 fully saturated rings. The Balaban J connectivity index is 1.44. The number of hydrogen-bond donors (Lipinski definition) is 3. The molecule has 4 atom stereocenters. The fourth-order valence-electron chi connectivity index (χ4n) is 3.49. The van der Waals surface area contributed by atoms with Crippen LogP contribution < -0.4 is 25.6 Å². The van der Waals surface area contributed by atoms with Gasteiger partial charge < -0.3 is 34.7 Å². The van der Waals surface area contributed by atoms with E-state index < -0.39 is 44.2 Å². The van der Waals surface area contributed by atoms with Gasteiger partial charge in [-0.3, -0.25) is 9.36 Å². The highest BCUT2D eigenvalue weighted by molar-refractivity contribution is 7.57. The Morgan fingerprint density at radius 1 is 1.40 bits per heavy atom. The molecule has 0 spiro atoms. The molecule has 0 aliphatic carbocycles. The number of esters is 1. The lowest BCUT2D eigenvalue weighted by atomic mass is 10.3. The number of benzene rings is 1. The Kier molecular flexibility index (Phi) is 7.51. The minimum atomic E-state index is -3.82. The summed E-state index contributed by atoms with van der Waals surface area (Å²) in [7, 11) is -3.82. The molecule has 4 N–H and O–H groups in total. The highest BCUT2D eigenvalue weighted by Gasteiger charge is 2.39. The zero-order valence-corrected chi connectivity index (χ0v) is 20.0. The maximum Gasteiger partial charge on any atom is 0.342 e. The number of ether oxygens (including phenoxy) is 3. The number of fused-ring (bicyclic) bond motifs is 1. The van der Waals surface area contributed by atoms with Gasteiger partial charge >= 0.3 is 13.5 Å². The Morgan fingerprint density at radius 3 is 2.91 bits per heavy atom. The molecule has 0 saturated heterocycles. The van der Waals surface area contributed by atoms with Crippen LogP contribution >= 0.6 is 7.52 Å². The zero-order valence-electron chi connectivity index (χ0n) is 19.1. The van der Waals surface area contributed by atoms with E-state index in [4.69, 9.17) is 24.5 Å². The minimum Gasteiger partial charge on any atom is -0.465 e. The Hall–Kier alpha value is -3.25. The number of carbonyl (C=O) groups excluding carboxylic acids is 1. The third kappa shape index (κ3) is 5.70. The van der Waals surface area contributed by atoms with Gasteiger partial charge in [-0.15, -0.1) is 0 Å². The summed E-state index contributed by atoms with van der Waals surface area (Å²) in [5.74, 6) is -0.308. The summed E-state index contributed by atoms with van der Waals surface area (Å²) in [6, 6.07) is 7.45. The van der Waals surface area contributed by atoms with Gasteiger partial charge in [-0.1, -0.05) is 18.2 Å². The van der Waals surface area contributed by atoms with E-state index in [1.54, 1.807) is 37.3 Å². The van der Waals surface area contributed by atoms with Gasteiger partial charge in [-0.05, 0) is 26.0 Å². The SMILES string of the molecule is CCOC(=O)[C@H](C)N[P@](=O)(CO[C@@H]1C=C(F)[C@H](N2CNc3c(N)ncnc32)O1)Oc1ccccc1. The molecule has 0 bridgehead atoms. The summed E-state index contributed by atoms with van der Waals surface area (Å²) in [5.41, 5.74) is 6.31. The van der Waals surface area contributed by atoms with Crippen LogP contribution in [0, 0.1) is 0 Å². The van der Waals surface area contributed by atoms with Crippen molar-refractivity contribution in [2.75, 3.05) is 35.6 Å². The predicted octanol–water partition coefficient (Wildman–Crippen LogP) is 2.57. The molecule has 2 aromatic rings. The van der Waals surface area contributed by atoms with Gasteiger partial charge in [0.1, 0.15) is 23.8 Å². The van der Waals surface area contributed by atoms with Gasteiger partial charge in [0.2, 0.25) is 0 Å². The van der Waals surface area contributed by atoms with E-state index in [0.717, 1.165) is 6.08 Å². The van der Waals surface area contributed by atoms with Gasteiger partial charge in [-0.25, -0.2) is 19.4 Å². The van der Waals surface area contributed by atoms with Crippen LogP contribution in [-0.4, -0.2) is 54.1 Å². The first-order chi connectivity index (χ1) is 16.8. The number of nitrogens with zero attached hydrogens (tertiary/aromatic N) is 3. The summed E-state index contributed by atoms with van der Waals surface area (Å²) in [4.78, 5) is 21.6. The first kappa shape index (κ1) is 24.9. The molecule has 4 rings (SSSR count). The average molecular weight is 508 g/mol. The predicted molar refractivity (Wildman–Crippen MR) is 125 cm³/mol. The monoisotopic (exact) mass is 508 g/mol. The first-order valence-corrected chi connectivity index (χ1v) is 12.6. The molecule has 0 unspecified atom stereocenters. The van der Waals surface area contributed by atoms with Crippen LogP contribution in [0.1, 0.15) is 13.8 Å². The second kappa shape index (κ2) is 10.6. The second-order valence-electron chi connectivity index (χ2n) is 7.65. The summed E-state index contributed by atoms with van der Waals surface area (Å²) in [6.45, 7) is 3.51. The normalized spacial score (nSPS) is 21.5. The van der Waals surface area contributed by atoms with Crippen molar-refractivity contribution in [2.45, 2.75) is 32.4 Å². The van der Waals surface area contributed by atoms with E-state index in [1.165, 1.54) is 18.2 Å². The number of aromatic nitrogens is 2. The number of anilines is 3. The molecule has 14 heteroatoms. The van der Waals surface area contributed by atoms with Crippen LogP contribution in [0.15, 0.2) is 48.6 Å².